The molecule has 1 N–H and O–H groups in total. The van der Waals surface area contributed by atoms with Gasteiger partial charge in [0.2, 0.25) is 5.91 Å². The van der Waals surface area contributed by atoms with Gasteiger partial charge in [0.15, 0.2) is 5.82 Å². The van der Waals surface area contributed by atoms with E-state index in [0.717, 1.165) is 17.5 Å². The molecular weight excluding hydrogens is 329 g/mol. The molecule has 132 valence electrons. The number of nitrogens with one attached hydrogen (secondary N) is 1. The summed E-state index contributed by atoms with van der Waals surface area (Å²) in [6.45, 7) is 3.84. The minimum atomic E-state index is -0.303. The predicted molar refractivity (Wildman–Crippen MR) is 101 cm³/mol. The lowest BCUT2D eigenvalue weighted by atomic mass is 10.1. The predicted octanol–water partition coefficient (Wildman–Crippen LogP) is 4.93. The van der Waals surface area contributed by atoms with Gasteiger partial charge in [0.25, 0.3) is 0 Å². The van der Waals surface area contributed by atoms with Gasteiger partial charge in [0.1, 0.15) is 11.5 Å². The van der Waals surface area contributed by atoms with Crippen LogP contribution in [0.4, 0.5) is 10.2 Å². The van der Waals surface area contributed by atoms with E-state index >= 15 is 0 Å². The van der Waals surface area contributed by atoms with Crippen LogP contribution in [0.1, 0.15) is 20.3 Å². The number of hydrogen-bond donors (Lipinski definition) is 1. The molecule has 0 radical (unpaired) electrons. The molecule has 0 aliphatic carbocycles. The van der Waals surface area contributed by atoms with Crippen molar-refractivity contribution < 1.29 is 9.18 Å². The third kappa shape index (κ3) is 3.94. The Bertz CT molecular complexity index is 895. The topological polar surface area (TPSA) is 54.9 Å². The van der Waals surface area contributed by atoms with Crippen molar-refractivity contribution in [3.63, 3.8) is 0 Å². The summed E-state index contributed by atoms with van der Waals surface area (Å²) in [5.41, 5.74) is 2.81. The van der Waals surface area contributed by atoms with Gasteiger partial charge in [-0.25, -0.2) is 14.4 Å². The number of anilines is 1. The first-order valence-corrected chi connectivity index (χ1v) is 8.57. The third-order valence-electron chi connectivity index (χ3n) is 4.26. The number of halogens is 1. The second kappa shape index (κ2) is 7.87. The van der Waals surface area contributed by atoms with Gasteiger partial charge in [-0.1, -0.05) is 44.2 Å². The van der Waals surface area contributed by atoms with Crippen molar-refractivity contribution in [1.82, 2.24) is 9.97 Å². The lowest BCUT2D eigenvalue weighted by molar-refractivity contribution is -0.119. The van der Waals surface area contributed by atoms with E-state index in [2.05, 4.69) is 15.3 Å². The lowest BCUT2D eigenvalue weighted by Crippen LogP contribution is -2.21. The molecule has 26 heavy (non-hydrogen) atoms. The minimum absolute atomic E-state index is 0.0893. The fourth-order valence-corrected chi connectivity index (χ4v) is 2.46. The summed E-state index contributed by atoms with van der Waals surface area (Å²) in [4.78, 5) is 21.4. The summed E-state index contributed by atoms with van der Waals surface area (Å²) in [6.07, 6.45) is 2.33. The quantitative estimate of drug-likeness (QED) is 0.710. The van der Waals surface area contributed by atoms with Gasteiger partial charge in [0.05, 0.1) is 11.9 Å². The van der Waals surface area contributed by atoms with Crippen LogP contribution in [0.25, 0.3) is 22.5 Å². The molecule has 0 aliphatic rings. The normalized spacial score (nSPS) is 11.8. The monoisotopic (exact) mass is 349 g/mol. The average Bonchev–Trinajstić information content (AvgIpc) is 2.69. The summed E-state index contributed by atoms with van der Waals surface area (Å²) in [7, 11) is 0. The molecule has 4 nitrogen and oxygen atoms in total. The van der Waals surface area contributed by atoms with Gasteiger partial charge < -0.3 is 5.32 Å². The smallest absolute Gasteiger partial charge is 0.228 e. The number of benzene rings is 2. The highest BCUT2D eigenvalue weighted by Gasteiger charge is 2.16. The molecule has 2 aromatic carbocycles. The molecule has 0 saturated heterocycles. The van der Waals surface area contributed by atoms with E-state index < -0.39 is 0 Å². The molecule has 3 rings (SSSR count). The van der Waals surface area contributed by atoms with Crippen LogP contribution < -0.4 is 5.32 Å². The van der Waals surface area contributed by atoms with Gasteiger partial charge in [-0.3, -0.25) is 4.79 Å². The number of carbonyl (C=O) groups excluding carboxylic acids is 1. The second-order valence-corrected chi connectivity index (χ2v) is 6.12. The SMILES string of the molecule is CCC(C)C(=O)Nc1ncc(-c2ccc(F)cc2)nc1-c1ccccc1. The van der Waals surface area contributed by atoms with Crippen molar-refractivity contribution in [2.24, 2.45) is 5.92 Å². The lowest BCUT2D eigenvalue weighted by Gasteiger charge is -2.14. The maximum atomic E-state index is 13.2. The van der Waals surface area contributed by atoms with Crippen LogP contribution in [0.2, 0.25) is 0 Å². The number of aromatic nitrogens is 2. The molecular formula is C21H20FN3O. The van der Waals surface area contributed by atoms with Crippen molar-refractivity contribution in [3.8, 4) is 22.5 Å². The zero-order valence-corrected chi connectivity index (χ0v) is 14.7. The molecule has 1 heterocycles. The Morgan fingerprint density at radius 3 is 2.42 bits per heavy atom. The molecule has 3 aromatic rings. The van der Waals surface area contributed by atoms with E-state index in [-0.39, 0.29) is 17.6 Å². The number of nitrogens with zero attached hydrogens (tertiary/aromatic N) is 2. The molecule has 0 bridgehead atoms. The molecule has 1 amide bonds. The Morgan fingerprint density at radius 2 is 1.77 bits per heavy atom. The van der Waals surface area contributed by atoms with Crippen molar-refractivity contribution in [2.45, 2.75) is 20.3 Å². The minimum Gasteiger partial charge on any atom is -0.309 e. The number of hydrogen-bond acceptors (Lipinski definition) is 3. The standard InChI is InChI=1S/C21H20FN3O/c1-3-14(2)21(26)25-20-19(16-7-5-4-6-8-16)24-18(13-23-20)15-9-11-17(22)12-10-15/h4-14H,3H2,1-2H3,(H,23,25,26). The van der Waals surface area contributed by atoms with Crippen molar-refractivity contribution in [3.05, 3.63) is 66.6 Å². The Morgan fingerprint density at radius 1 is 1.08 bits per heavy atom. The Kier molecular flexibility index (Phi) is 5.37. The summed E-state index contributed by atoms with van der Waals surface area (Å²) < 4.78 is 13.2. The van der Waals surface area contributed by atoms with Gasteiger partial charge in [0, 0.05) is 17.0 Å². The molecule has 0 aliphatic heterocycles. The zero-order valence-electron chi connectivity index (χ0n) is 14.7. The second-order valence-electron chi connectivity index (χ2n) is 6.12. The maximum absolute atomic E-state index is 13.2. The largest absolute Gasteiger partial charge is 0.309 e. The van der Waals surface area contributed by atoms with E-state index in [0.29, 0.717) is 17.2 Å². The van der Waals surface area contributed by atoms with E-state index in [1.165, 1.54) is 12.1 Å². The fraction of sp³-hybridized carbons (Fsp3) is 0.190. The molecule has 0 spiro atoms. The van der Waals surface area contributed by atoms with Crippen LogP contribution in [-0.2, 0) is 4.79 Å². The van der Waals surface area contributed by atoms with Crippen molar-refractivity contribution in [1.29, 1.82) is 0 Å². The summed E-state index contributed by atoms with van der Waals surface area (Å²) in [5.74, 6) is -0.0829. The van der Waals surface area contributed by atoms with E-state index in [9.17, 15) is 9.18 Å². The van der Waals surface area contributed by atoms with Gasteiger partial charge in [-0.2, -0.15) is 0 Å². The van der Waals surface area contributed by atoms with Crippen LogP contribution in [0.3, 0.4) is 0 Å². The fourth-order valence-electron chi connectivity index (χ4n) is 2.46. The van der Waals surface area contributed by atoms with Crippen molar-refractivity contribution >= 4 is 11.7 Å². The average molecular weight is 349 g/mol. The number of amides is 1. The molecule has 1 atom stereocenters. The van der Waals surface area contributed by atoms with E-state index in [4.69, 9.17) is 0 Å². The molecule has 0 fully saturated rings. The first kappa shape index (κ1) is 17.7. The van der Waals surface area contributed by atoms with Gasteiger partial charge >= 0.3 is 0 Å². The van der Waals surface area contributed by atoms with Crippen LogP contribution in [0.15, 0.2) is 60.8 Å². The molecule has 1 unspecified atom stereocenters. The highest BCUT2D eigenvalue weighted by Crippen LogP contribution is 2.28. The van der Waals surface area contributed by atoms with Crippen LogP contribution in [-0.4, -0.2) is 15.9 Å². The molecule has 5 heteroatoms. The van der Waals surface area contributed by atoms with E-state index in [1.807, 2.05) is 44.2 Å². The Labute approximate surface area is 152 Å². The van der Waals surface area contributed by atoms with Crippen LogP contribution >= 0.6 is 0 Å². The van der Waals surface area contributed by atoms with Crippen LogP contribution in [0.5, 0.6) is 0 Å². The van der Waals surface area contributed by atoms with Gasteiger partial charge in [-0.15, -0.1) is 0 Å². The highest BCUT2D eigenvalue weighted by atomic mass is 19.1. The Hall–Kier alpha value is -3.08. The summed E-state index contributed by atoms with van der Waals surface area (Å²) >= 11 is 0. The van der Waals surface area contributed by atoms with Crippen LogP contribution in [0, 0.1) is 11.7 Å². The number of rotatable bonds is 5. The van der Waals surface area contributed by atoms with Crippen molar-refractivity contribution in [2.75, 3.05) is 5.32 Å². The first-order chi connectivity index (χ1) is 12.6. The third-order valence-corrected chi connectivity index (χ3v) is 4.26. The molecule has 0 saturated carbocycles. The molecule has 1 aromatic heterocycles. The maximum Gasteiger partial charge on any atom is 0.228 e. The summed E-state index contributed by atoms with van der Waals surface area (Å²) in [5, 5.41) is 2.87. The van der Waals surface area contributed by atoms with Gasteiger partial charge in [-0.05, 0) is 30.7 Å². The summed E-state index contributed by atoms with van der Waals surface area (Å²) in [6, 6.07) is 15.6. The zero-order chi connectivity index (χ0) is 18.5. The number of carbonyl (C=O) groups is 1. The van der Waals surface area contributed by atoms with E-state index in [1.54, 1.807) is 18.3 Å². The highest BCUT2D eigenvalue weighted by molar-refractivity contribution is 5.94. The Balaban J connectivity index is 2.04. The first-order valence-electron chi connectivity index (χ1n) is 8.57.